The fraction of sp³-hybridized carbons (Fsp3) is 0.132. The number of aryl methyl sites for hydroxylation is 3. The molecule has 7 heteroatoms. The average molecular weight is 772 g/mol. The third-order valence-electron chi connectivity index (χ3n) is 7.45. The normalized spacial score (nSPS) is 11.4. The Balaban J connectivity index is 0.000000452. The minimum Gasteiger partial charge on any atom is -0.512 e. The van der Waals surface area contributed by atoms with E-state index >= 15 is 0 Å². The van der Waals surface area contributed by atoms with Crippen LogP contribution in [0.2, 0.25) is 0 Å². The van der Waals surface area contributed by atoms with Gasteiger partial charge in [0.25, 0.3) is 0 Å². The zero-order valence-electron chi connectivity index (χ0n) is 25.6. The van der Waals surface area contributed by atoms with Crippen LogP contribution in [0, 0.1) is 26.8 Å². The van der Waals surface area contributed by atoms with Crippen molar-refractivity contribution in [1.29, 1.82) is 0 Å². The van der Waals surface area contributed by atoms with Crippen LogP contribution in [0.1, 0.15) is 30.7 Å². The molecule has 1 N–H and O–H groups in total. The molecular formula is C38H31IrN2O4-. The second kappa shape index (κ2) is 13.0. The fourth-order valence-electron chi connectivity index (χ4n) is 5.49. The largest absolute Gasteiger partial charge is 0.512 e. The van der Waals surface area contributed by atoms with E-state index in [4.69, 9.17) is 13.9 Å². The van der Waals surface area contributed by atoms with Gasteiger partial charge in [-0.1, -0.05) is 59.5 Å². The van der Waals surface area contributed by atoms with Gasteiger partial charge in [0.15, 0.2) is 11.4 Å². The van der Waals surface area contributed by atoms with Gasteiger partial charge in [0.05, 0.1) is 17.5 Å². The van der Waals surface area contributed by atoms with Gasteiger partial charge in [-0.2, -0.15) is 0 Å². The summed E-state index contributed by atoms with van der Waals surface area (Å²) in [7, 11) is 0. The van der Waals surface area contributed by atoms with Crippen LogP contribution in [0.15, 0.2) is 106 Å². The minimum atomic E-state index is -0.125. The van der Waals surface area contributed by atoms with Crippen LogP contribution in [0.5, 0.6) is 0 Å². The summed E-state index contributed by atoms with van der Waals surface area (Å²) < 4.78 is 12.3. The van der Waals surface area contributed by atoms with Gasteiger partial charge >= 0.3 is 0 Å². The molecule has 0 aliphatic rings. The standard InChI is InChI=1S/C33H23N2O2.C5H8O2.Ir/c1-19-6-4-7-20(2)31(19)23-13-11-22(12-14-23)29-17-24-16-28(34-18-30(24)36-29)27-9-5-8-25-26-15-10-21(3)35-33(26)37-32(25)27;1-4(6)3-5(2)7;/h4-8,10-18H,1-3H3;3,6H,1-2H3;/q-1;;/b;4-3-;. The van der Waals surface area contributed by atoms with E-state index in [1.54, 1.807) is 6.20 Å². The Kier molecular flexibility index (Phi) is 9.14. The molecule has 0 aliphatic heterocycles. The van der Waals surface area contributed by atoms with Crippen LogP contribution in [-0.2, 0) is 24.9 Å². The van der Waals surface area contributed by atoms with E-state index in [1.165, 1.54) is 42.2 Å². The molecule has 0 fully saturated rings. The Morgan fingerprint density at radius 1 is 0.867 bits per heavy atom. The molecule has 4 heterocycles. The number of hydrogen-bond donors (Lipinski definition) is 1. The van der Waals surface area contributed by atoms with Crippen LogP contribution in [0.4, 0.5) is 0 Å². The topological polar surface area (TPSA) is 89.4 Å². The smallest absolute Gasteiger partial charge is 0.216 e. The first-order valence-electron chi connectivity index (χ1n) is 14.3. The number of benzene rings is 3. The SMILES string of the molecule is CC(=O)/C=C(/C)O.Cc1ccc2c(n1)oc1c(-c3cc4cc(-c5ccc(-c6c(C)cccc6C)cc5)oc4cn3)[c-]ccc12.[Ir]. The van der Waals surface area contributed by atoms with Gasteiger partial charge < -0.3 is 18.9 Å². The molecular weight excluding hydrogens is 741 g/mol. The van der Waals surface area contributed by atoms with Crippen molar-refractivity contribution < 1.29 is 38.8 Å². The molecule has 0 spiro atoms. The number of hydrogen-bond acceptors (Lipinski definition) is 6. The van der Waals surface area contributed by atoms with Crippen molar-refractivity contribution in [3.05, 3.63) is 120 Å². The number of aliphatic hydroxyl groups is 1. The zero-order chi connectivity index (χ0) is 31.0. The van der Waals surface area contributed by atoms with Crippen LogP contribution in [0.3, 0.4) is 0 Å². The average Bonchev–Trinajstić information content (AvgIpc) is 3.57. The van der Waals surface area contributed by atoms with E-state index in [0.29, 0.717) is 5.71 Å². The third kappa shape index (κ3) is 6.51. The minimum absolute atomic E-state index is 0. The Hall–Kier alpha value is -4.84. The van der Waals surface area contributed by atoms with E-state index in [1.807, 2.05) is 31.2 Å². The first-order valence-corrected chi connectivity index (χ1v) is 14.3. The summed E-state index contributed by atoms with van der Waals surface area (Å²) in [5.74, 6) is 0.750. The molecule has 3 aromatic carbocycles. The molecule has 0 bridgehead atoms. The quantitative estimate of drug-likeness (QED) is 0.109. The van der Waals surface area contributed by atoms with Crippen LogP contribution >= 0.6 is 0 Å². The van der Waals surface area contributed by atoms with Crippen molar-refractivity contribution in [1.82, 2.24) is 9.97 Å². The molecule has 0 amide bonds. The Bertz CT molecular complexity index is 2180. The predicted molar refractivity (Wildman–Crippen MR) is 176 cm³/mol. The van der Waals surface area contributed by atoms with Crippen LogP contribution in [-0.4, -0.2) is 20.9 Å². The van der Waals surface area contributed by atoms with Crippen LogP contribution in [0.25, 0.3) is 66.7 Å². The van der Waals surface area contributed by atoms with Crippen molar-refractivity contribution in [2.24, 2.45) is 0 Å². The van der Waals surface area contributed by atoms with Crippen molar-refractivity contribution >= 4 is 38.8 Å². The molecule has 0 unspecified atom stereocenters. The molecule has 0 atom stereocenters. The summed E-state index contributed by atoms with van der Waals surface area (Å²) in [6.45, 7) is 9.12. The Morgan fingerprint density at radius 3 is 2.24 bits per heavy atom. The van der Waals surface area contributed by atoms with Gasteiger partial charge in [-0.3, -0.25) is 4.79 Å². The molecule has 7 rings (SSSR count). The summed E-state index contributed by atoms with van der Waals surface area (Å²) in [4.78, 5) is 19.3. The maximum absolute atomic E-state index is 10.0. The number of nitrogens with zero attached hydrogens (tertiary/aromatic N) is 2. The molecule has 0 saturated carbocycles. The second-order valence-electron chi connectivity index (χ2n) is 11.0. The summed E-state index contributed by atoms with van der Waals surface area (Å²) in [6, 6.07) is 30.4. The van der Waals surface area contributed by atoms with Crippen molar-refractivity contribution in [3.63, 3.8) is 0 Å². The molecule has 6 nitrogen and oxygen atoms in total. The number of rotatable bonds is 4. The summed E-state index contributed by atoms with van der Waals surface area (Å²) in [5, 5.41) is 11.3. The van der Waals surface area contributed by atoms with E-state index in [9.17, 15) is 4.79 Å². The van der Waals surface area contributed by atoms with Gasteiger partial charge in [0, 0.05) is 48.2 Å². The van der Waals surface area contributed by atoms with Gasteiger partial charge in [-0.15, -0.1) is 18.2 Å². The van der Waals surface area contributed by atoms with Crippen molar-refractivity contribution in [2.45, 2.75) is 34.6 Å². The number of carbonyl (C=O) groups excluding carboxylic acids is 1. The monoisotopic (exact) mass is 772 g/mol. The van der Waals surface area contributed by atoms with Gasteiger partial charge in [0.2, 0.25) is 5.71 Å². The molecule has 1 radical (unpaired) electrons. The number of aliphatic hydroxyl groups excluding tert-OH is 1. The number of allylic oxidation sites excluding steroid dienone is 2. The van der Waals surface area contributed by atoms with E-state index in [2.05, 4.69) is 84.5 Å². The number of pyridine rings is 2. The first-order chi connectivity index (χ1) is 21.2. The Labute approximate surface area is 274 Å². The maximum atomic E-state index is 10.0. The zero-order valence-corrected chi connectivity index (χ0v) is 28.0. The maximum Gasteiger partial charge on any atom is 0.216 e. The second-order valence-corrected chi connectivity index (χ2v) is 11.0. The molecule has 0 saturated heterocycles. The van der Waals surface area contributed by atoms with E-state index in [-0.39, 0.29) is 31.6 Å². The number of carbonyl (C=O) groups is 1. The number of ketones is 1. The fourth-order valence-corrected chi connectivity index (χ4v) is 5.49. The summed E-state index contributed by atoms with van der Waals surface area (Å²) in [6.07, 6.45) is 2.94. The van der Waals surface area contributed by atoms with Gasteiger partial charge in [0.1, 0.15) is 5.76 Å². The molecule has 4 aromatic heterocycles. The third-order valence-corrected chi connectivity index (χ3v) is 7.45. The van der Waals surface area contributed by atoms with E-state index in [0.717, 1.165) is 55.6 Å². The summed E-state index contributed by atoms with van der Waals surface area (Å²) in [5.41, 5.74) is 10.7. The van der Waals surface area contributed by atoms with Crippen molar-refractivity contribution in [2.75, 3.05) is 0 Å². The number of aromatic nitrogens is 2. The number of furan rings is 2. The molecule has 227 valence electrons. The van der Waals surface area contributed by atoms with Crippen molar-refractivity contribution in [3.8, 4) is 33.7 Å². The molecule has 7 aromatic rings. The predicted octanol–water partition coefficient (Wildman–Crippen LogP) is 9.88. The molecule has 45 heavy (non-hydrogen) atoms. The Morgan fingerprint density at radius 2 is 1.58 bits per heavy atom. The molecule has 0 aliphatic carbocycles. The van der Waals surface area contributed by atoms with Crippen LogP contribution < -0.4 is 0 Å². The van der Waals surface area contributed by atoms with Gasteiger partial charge in [-0.05, 0) is 80.8 Å². The van der Waals surface area contributed by atoms with E-state index < -0.39 is 0 Å². The first kappa shape index (κ1) is 31.6. The number of fused-ring (bicyclic) bond motifs is 4. The summed E-state index contributed by atoms with van der Waals surface area (Å²) >= 11 is 0. The van der Waals surface area contributed by atoms with Gasteiger partial charge in [-0.25, -0.2) is 4.98 Å².